The highest BCUT2D eigenvalue weighted by molar-refractivity contribution is 7.90. The Hall–Kier alpha value is -1.79. The predicted octanol–water partition coefficient (Wildman–Crippen LogP) is 4.15. The minimum atomic E-state index is -8.14. The molecule has 0 saturated heterocycles. The molecule has 0 aromatic rings. The van der Waals surface area contributed by atoms with Crippen LogP contribution in [0.2, 0.25) is 0 Å². The lowest BCUT2D eigenvalue weighted by Gasteiger charge is -2.41. The van der Waals surface area contributed by atoms with Gasteiger partial charge in [0.1, 0.15) is 11.9 Å². The summed E-state index contributed by atoms with van der Waals surface area (Å²) < 4.78 is 199. The number of carbonyl (C=O) groups excluding carboxylic acids is 1. The fourth-order valence-corrected chi connectivity index (χ4v) is 2.96. The van der Waals surface area contributed by atoms with Crippen LogP contribution in [-0.4, -0.2) is 68.6 Å². The molecule has 1 atom stereocenters. The molecule has 0 heterocycles. The van der Waals surface area contributed by atoms with E-state index in [0.29, 0.717) is 0 Å². The van der Waals surface area contributed by atoms with E-state index in [1.807, 2.05) is 0 Å². The lowest BCUT2D eigenvalue weighted by molar-refractivity contribution is -0.439. The molecule has 196 valence electrons. The highest BCUT2D eigenvalue weighted by Gasteiger charge is 2.91. The zero-order chi connectivity index (χ0) is 27.1. The zero-order valence-electron chi connectivity index (χ0n) is 16.2. The number of rotatable bonds is 11. The molecule has 0 bridgehead atoms. The largest absolute Gasteiger partial charge is 0.461 e. The van der Waals surface area contributed by atoms with E-state index in [1.54, 1.807) is 0 Å². The van der Waals surface area contributed by atoms with Crippen LogP contribution in [0.15, 0.2) is 12.2 Å². The van der Waals surface area contributed by atoms with Crippen LogP contribution in [0.4, 0.5) is 57.1 Å². The molecule has 0 rings (SSSR count). The third-order valence-corrected chi connectivity index (χ3v) is 5.75. The molecule has 1 N–H and O–H groups in total. The maximum Gasteiger partial charge on any atom is 0.460 e. The molecule has 0 aliphatic heterocycles. The molecule has 19 heteroatoms. The van der Waals surface area contributed by atoms with E-state index >= 15 is 0 Å². The number of esters is 1. The van der Waals surface area contributed by atoms with E-state index < -0.39 is 77.1 Å². The molecule has 0 radical (unpaired) electrons. The number of halogens is 13. The summed E-state index contributed by atoms with van der Waals surface area (Å²) in [5.74, 6) is -39.9. The van der Waals surface area contributed by atoms with Crippen LogP contribution in [0.1, 0.15) is 13.8 Å². The molecular formula is C14H14F13NO4S. The van der Waals surface area contributed by atoms with Crippen molar-refractivity contribution in [3.05, 3.63) is 12.2 Å². The van der Waals surface area contributed by atoms with Gasteiger partial charge in [0.15, 0.2) is 0 Å². The van der Waals surface area contributed by atoms with Gasteiger partial charge in [-0.3, -0.25) is 0 Å². The van der Waals surface area contributed by atoms with E-state index in [-0.39, 0.29) is 5.57 Å². The van der Waals surface area contributed by atoms with Crippen molar-refractivity contribution in [2.45, 2.75) is 54.9 Å². The Labute approximate surface area is 177 Å². The SMILES string of the molecule is C=C(C)C(=O)OCCNS(=O)(=O)C(C)C(F)(F)C(F)(F)C(F)(F)C(F)(F)C(F)(F)C(F)(F)F. The lowest BCUT2D eigenvalue weighted by atomic mass is 9.93. The molecule has 1 unspecified atom stereocenters. The van der Waals surface area contributed by atoms with Gasteiger partial charge in [0.25, 0.3) is 0 Å². The number of hydrogen-bond donors (Lipinski definition) is 1. The smallest absolute Gasteiger partial charge is 0.460 e. The summed E-state index contributed by atoms with van der Waals surface area (Å²) in [5.41, 5.74) is -0.226. The second-order valence-electron chi connectivity index (χ2n) is 6.42. The first-order valence-electron chi connectivity index (χ1n) is 8.00. The van der Waals surface area contributed by atoms with Gasteiger partial charge in [0.05, 0.1) is 0 Å². The predicted molar refractivity (Wildman–Crippen MR) is 82.9 cm³/mol. The summed E-state index contributed by atoms with van der Waals surface area (Å²) >= 11 is 0. The number of alkyl halides is 13. The minimum Gasteiger partial charge on any atom is -0.461 e. The quantitative estimate of drug-likeness (QED) is 0.185. The minimum absolute atomic E-state index is 0.226. The molecule has 0 amide bonds. The third-order valence-electron chi connectivity index (χ3n) is 3.92. The summed E-state index contributed by atoms with van der Waals surface area (Å²) in [6.07, 6.45) is -7.58. The van der Waals surface area contributed by atoms with Crippen molar-refractivity contribution in [1.29, 1.82) is 0 Å². The molecule has 0 aromatic carbocycles. The Balaban J connectivity index is 6.00. The molecule has 0 aliphatic carbocycles. The maximum atomic E-state index is 13.9. The highest BCUT2D eigenvalue weighted by atomic mass is 32.2. The highest BCUT2D eigenvalue weighted by Crippen LogP contribution is 2.60. The summed E-state index contributed by atoms with van der Waals surface area (Å²) in [4.78, 5) is 11.0. The molecular weight excluding hydrogens is 525 g/mol. The van der Waals surface area contributed by atoms with Crippen molar-refractivity contribution >= 4 is 16.0 Å². The van der Waals surface area contributed by atoms with Crippen molar-refractivity contribution in [3.8, 4) is 0 Å². The average molecular weight is 539 g/mol. The second-order valence-corrected chi connectivity index (χ2v) is 8.50. The van der Waals surface area contributed by atoms with E-state index in [1.165, 1.54) is 0 Å². The summed E-state index contributed by atoms with van der Waals surface area (Å²) in [5, 5.41) is -4.09. The first-order chi connectivity index (χ1) is 14.2. The van der Waals surface area contributed by atoms with Gasteiger partial charge < -0.3 is 4.74 Å². The monoisotopic (exact) mass is 539 g/mol. The third kappa shape index (κ3) is 5.32. The molecule has 0 fully saturated rings. The van der Waals surface area contributed by atoms with Gasteiger partial charge in [-0.2, -0.15) is 57.1 Å². The fraction of sp³-hybridized carbons (Fsp3) is 0.786. The van der Waals surface area contributed by atoms with Crippen molar-refractivity contribution in [1.82, 2.24) is 4.72 Å². The molecule has 5 nitrogen and oxygen atoms in total. The second kappa shape index (κ2) is 9.10. The van der Waals surface area contributed by atoms with Crippen LogP contribution in [0, 0.1) is 0 Å². The fourth-order valence-electron chi connectivity index (χ4n) is 1.81. The number of ether oxygens (including phenoxy) is 1. The zero-order valence-corrected chi connectivity index (χ0v) is 17.0. The molecule has 33 heavy (non-hydrogen) atoms. The Morgan fingerprint density at radius 2 is 1.24 bits per heavy atom. The standard InChI is InChI=1S/C14H14F13NO4S/c1-6(2)8(29)32-5-4-28-33(30,31)7(3)9(15,16)10(17,18)11(19,20)12(21,22)13(23,24)14(25,26)27/h7,28H,1,4-5H2,2-3H3. The van der Waals surface area contributed by atoms with Gasteiger partial charge in [-0.15, -0.1) is 0 Å². The molecule has 0 aliphatic rings. The number of hydrogen-bond acceptors (Lipinski definition) is 4. The average Bonchev–Trinajstić information content (AvgIpc) is 2.62. The number of sulfonamides is 1. The van der Waals surface area contributed by atoms with Crippen LogP contribution >= 0.6 is 0 Å². The van der Waals surface area contributed by atoms with Crippen LogP contribution in [0.25, 0.3) is 0 Å². The molecule has 0 spiro atoms. The summed E-state index contributed by atoms with van der Waals surface area (Å²) in [6, 6.07) is 0. The van der Waals surface area contributed by atoms with Crippen molar-refractivity contribution in [2.75, 3.05) is 13.2 Å². The maximum absolute atomic E-state index is 13.9. The van der Waals surface area contributed by atoms with Crippen LogP contribution in [-0.2, 0) is 19.6 Å². The Morgan fingerprint density at radius 1 is 0.848 bits per heavy atom. The van der Waals surface area contributed by atoms with E-state index in [0.717, 1.165) is 11.6 Å². The summed E-state index contributed by atoms with van der Waals surface area (Å²) in [6.45, 7) is 1.68. The van der Waals surface area contributed by atoms with Gasteiger partial charge in [0.2, 0.25) is 10.0 Å². The topological polar surface area (TPSA) is 72.5 Å². The summed E-state index contributed by atoms with van der Waals surface area (Å²) in [7, 11) is -5.87. The van der Waals surface area contributed by atoms with Gasteiger partial charge >= 0.3 is 41.8 Å². The van der Waals surface area contributed by atoms with Crippen LogP contribution in [0.3, 0.4) is 0 Å². The Bertz CT molecular complexity index is 852. The van der Waals surface area contributed by atoms with Crippen molar-refractivity contribution in [2.24, 2.45) is 0 Å². The lowest BCUT2D eigenvalue weighted by Crippen LogP contribution is -2.72. The van der Waals surface area contributed by atoms with Crippen LogP contribution < -0.4 is 4.72 Å². The van der Waals surface area contributed by atoms with Crippen LogP contribution in [0.5, 0.6) is 0 Å². The first kappa shape index (κ1) is 31.2. The molecule has 0 saturated carbocycles. The Kier molecular flexibility index (Phi) is 8.61. The molecule has 0 aromatic heterocycles. The normalized spacial score (nSPS) is 15.8. The van der Waals surface area contributed by atoms with E-state index in [9.17, 15) is 70.3 Å². The number of nitrogens with one attached hydrogen (secondary N) is 1. The Morgan fingerprint density at radius 3 is 1.61 bits per heavy atom. The van der Waals surface area contributed by atoms with Gasteiger partial charge in [-0.1, -0.05) is 6.58 Å². The number of carbonyl (C=O) groups is 1. The first-order valence-corrected chi connectivity index (χ1v) is 9.55. The van der Waals surface area contributed by atoms with Crippen molar-refractivity contribution in [3.63, 3.8) is 0 Å². The van der Waals surface area contributed by atoms with Gasteiger partial charge in [-0.05, 0) is 13.8 Å². The van der Waals surface area contributed by atoms with E-state index in [2.05, 4.69) is 11.3 Å². The van der Waals surface area contributed by atoms with E-state index in [4.69, 9.17) is 0 Å². The van der Waals surface area contributed by atoms with Gasteiger partial charge in [-0.25, -0.2) is 17.9 Å². The van der Waals surface area contributed by atoms with Crippen molar-refractivity contribution < 1.29 is 75.0 Å². The van der Waals surface area contributed by atoms with Gasteiger partial charge in [0, 0.05) is 12.1 Å².